The molecule has 2 heteroatoms. The van der Waals surface area contributed by atoms with Gasteiger partial charge in [0.05, 0.1) is 18.8 Å². The van der Waals surface area contributed by atoms with Crippen molar-refractivity contribution in [2.24, 2.45) is 5.73 Å². The first-order valence-electron chi connectivity index (χ1n) is 6.19. The number of aryl methyl sites for hydroxylation is 1. The maximum absolute atomic E-state index is 6.12. The van der Waals surface area contributed by atoms with Gasteiger partial charge in [0.1, 0.15) is 0 Å². The van der Waals surface area contributed by atoms with Crippen LogP contribution in [0.25, 0.3) is 0 Å². The highest BCUT2D eigenvalue weighted by atomic mass is 16.5. The fourth-order valence-electron chi connectivity index (χ4n) is 2.29. The van der Waals surface area contributed by atoms with E-state index in [4.69, 9.17) is 10.5 Å². The highest BCUT2D eigenvalue weighted by Crippen LogP contribution is 2.22. The predicted molar refractivity (Wildman–Crippen MR) is 66.3 cm³/mol. The van der Waals surface area contributed by atoms with E-state index in [1.807, 2.05) is 0 Å². The molecular formula is C14H21NO. The van der Waals surface area contributed by atoms with Gasteiger partial charge in [0.15, 0.2) is 0 Å². The molecule has 0 bridgehead atoms. The molecule has 2 N–H and O–H groups in total. The molecule has 1 fully saturated rings. The Balaban J connectivity index is 1.85. The summed E-state index contributed by atoms with van der Waals surface area (Å²) in [6.45, 7) is 2.74. The van der Waals surface area contributed by atoms with E-state index in [2.05, 4.69) is 31.2 Å². The molecular weight excluding hydrogens is 198 g/mol. The van der Waals surface area contributed by atoms with Crippen LogP contribution in [0, 0.1) is 6.92 Å². The number of hydrogen-bond donors (Lipinski definition) is 1. The lowest BCUT2D eigenvalue weighted by atomic mass is 10.1. The number of hydrogen-bond acceptors (Lipinski definition) is 2. The molecule has 1 saturated carbocycles. The van der Waals surface area contributed by atoms with Crippen LogP contribution in [0.5, 0.6) is 0 Å². The Morgan fingerprint density at radius 2 is 2.12 bits per heavy atom. The van der Waals surface area contributed by atoms with Crippen LogP contribution in [0.15, 0.2) is 24.3 Å². The molecule has 1 aromatic carbocycles. The Hall–Kier alpha value is -0.860. The van der Waals surface area contributed by atoms with Gasteiger partial charge in [0.25, 0.3) is 0 Å². The van der Waals surface area contributed by atoms with Crippen molar-refractivity contribution in [1.82, 2.24) is 0 Å². The van der Waals surface area contributed by atoms with E-state index in [0.29, 0.717) is 12.7 Å². The zero-order valence-corrected chi connectivity index (χ0v) is 9.99. The van der Waals surface area contributed by atoms with Crippen LogP contribution in [-0.2, 0) is 4.74 Å². The quantitative estimate of drug-likeness (QED) is 0.845. The van der Waals surface area contributed by atoms with E-state index in [0.717, 1.165) is 0 Å². The molecule has 16 heavy (non-hydrogen) atoms. The zero-order valence-electron chi connectivity index (χ0n) is 9.99. The van der Waals surface area contributed by atoms with Gasteiger partial charge in [-0.1, -0.05) is 42.7 Å². The molecule has 1 aliphatic carbocycles. The highest BCUT2D eigenvalue weighted by molar-refractivity contribution is 5.24. The normalized spacial score (nSPS) is 18.9. The van der Waals surface area contributed by atoms with Crippen molar-refractivity contribution in [2.45, 2.75) is 44.8 Å². The molecule has 1 aromatic rings. The van der Waals surface area contributed by atoms with Gasteiger partial charge in [-0.3, -0.25) is 0 Å². The Labute approximate surface area is 97.8 Å². The third kappa shape index (κ3) is 3.06. The van der Waals surface area contributed by atoms with E-state index in [1.165, 1.54) is 36.8 Å². The Kier molecular flexibility index (Phi) is 3.97. The Morgan fingerprint density at radius 3 is 2.81 bits per heavy atom. The summed E-state index contributed by atoms with van der Waals surface area (Å²) in [5, 5.41) is 0. The van der Waals surface area contributed by atoms with Crippen LogP contribution in [0.2, 0.25) is 0 Å². The van der Waals surface area contributed by atoms with E-state index < -0.39 is 0 Å². The van der Waals surface area contributed by atoms with Gasteiger partial charge in [-0.05, 0) is 25.3 Å². The van der Waals surface area contributed by atoms with Crippen molar-refractivity contribution in [3.05, 3.63) is 35.4 Å². The second-order valence-corrected chi connectivity index (χ2v) is 4.76. The number of rotatable bonds is 4. The number of nitrogens with two attached hydrogens (primary N) is 1. The summed E-state index contributed by atoms with van der Waals surface area (Å²) < 4.78 is 5.83. The molecule has 1 atom stereocenters. The third-order valence-corrected chi connectivity index (χ3v) is 3.28. The molecule has 1 unspecified atom stereocenters. The van der Waals surface area contributed by atoms with Crippen molar-refractivity contribution in [3.63, 3.8) is 0 Å². The third-order valence-electron chi connectivity index (χ3n) is 3.28. The lowest BCUT2D eigenvalue weighted by molar-refractivity contribution is 0.0489. The minimum absolute atomic E-state index is 0.0144. The van der Waals surface area contributed by atoms with Crippen LogP contribution in [0.1, 0.15) is 42.9 Å². The van der Waals surface area contributed by atoms with Gasteiger partial charge >= 0.3 is 0 Å². The topological polar surface area (TPSA) is 35.2 Å². The molecule has 2 nitrogen and oxygen atoms in total. The lowest BCUT2D eigenvalue weighted by Gasteiger charge is -2.16. The molecule has 0 aromatic heterocycles. The van der Waals surface area contributed by atoms with E-state index in [1.54, 1.807) is 0 Å². The summed E-state index contributed by atoms with van der Waals surface area (Å²) in [6, 6.07) is 8.38. The van der Waals surface area contributed by atoms with Crippen molar-refractivity contribution in [2.75, 3.05) is 6.61 Å². The van der Waals surface area contributed by atoms with Crippen molar-refractivity contribution in [3.8, 4) is 0 Å². The monoisotopic (exact) mass is 219 g/mol. The summed E-state index contributed by atoms with van der Waals surface area (Å²) >= 11 is 0. The molecule has 0 saturated heterocycles. The van der Waals surface area contributed by atoms with Gasteiger partial charge in [-0.25, -0.2) is 0 Å². The first-order valence-corrected chi connectivity index (χ1v) is 6.19. The van der Waals surface area contributed by atoms with E-state index in [9.17, 15) is 0 Å². The first-order chi connectivity index (χ1) is 7.75. The molecule has 0 amide bonds. The summed E-state index contributed by atoms with van der Waals surface area (Å²) in [7, 11) is 0. The minimum atomic E-state index is 0.0144. The van der Waals surface area contributed by atoms with Crippen LogP contribution in [0.3, 0.4) is 0 Å². The fraction of sp³-hybridized carbons (Fsp3) is 0.571. The van der Waals surface area contributed by atoms with Gasteiger partial charge in [0.2, 0.25) is 0 Å². The van der Waals surface area contributed by atoms with Crippen molar-refractivity contribution in [1.29, 1.82) is 0 Å². The first kappa shape index (κ1) is 11.6. The minimum Gasteiger partial charge on any atom is -0.376 e. The maximum Gasteiger partial charge on any atom is 0.0663 e. The second-order valence-electron chi connectivity index (χ2n) is 4.76. The molecule has 0 aliphatic heterocycles. The smallest absolute Gasteiger partial charge is 0.0663 e. The second kappa shape index (κ2) is 5.46. The molecule has 0 radical (unpaired) electrons. The van der Waals surface area contributed by atoms with Crippen LogP contribution < -0.4 is 5.73 Å². The van der Waals surface area contributed by atoms with Gasteiger partial charge in [0, 0.05) is 0 Å². The summed E-state index contributed by atoms with van der Waals surface area (Å²) in [6.07, 6.45) is 5.49. The standard InChI is InChI=1S/C14H21NO/c1-11-5-4-6-12(9-11)14(15)10-16-13-7-2-3-8-13/h4-6,9,13-14H,2-3,7-8,10,15H2,1H3. The van der Waals surface area contributed by atoms with Gasteiger partial charge < -0.3 is 10.5 Å². The molecule has 88 valence electrons. The average molecular weight is 219 g/mol. The zero-order chi connectivity index (χ0) is 11.4. The largest absolute Gasteiger partial charge is 0.376 e. The van der Waals surface area contributed by atoms with Gasteiger partial charge in [-0.15, -0.1) is 0 Å². The van der Waals surface area contributed by atoms with E-state index >= 15 is 0 Å². The molecule has 0 heterocycles. The highest BCUT2D eigenvalue weighted by Gasteiger charge is 2.16. The average Bonchev–Trinajstić information content (AvgIpc) is 2.78. The number of ether oxygens (including phenoxy) is 1. The molecule has 1 aliphatic rings. The number of benzene rings is 1. The SMILES string of the molecule is Cc1cccc(C(N)COC2CCCC2)c1. The van der Waals surface area contributed by atoms with Crippen molar-refractivity contribution < 1.29 is 4.74 Å². The Morgan fingerprint density at radius 1 is 1.38 bits per heavy atom. The fourth-order valence-corrected chi connectivity index (χ4v) is 2.29. The van der Waals surface area contributed by atoms with Crippen LogP contribution in [-0.4, -0.2) is 12.7 Å². The van der Waals surface area contributed by atoms with Crippen LogP contribution >= 0.6 is 0 Å². The summed E-state index contributed by atoms with van der Waals surface area (Å²) in [5.41, 5.74) is 8.55. The maximum atomic E-state index is 6.12. The van der Waals surface area contributed by atoms with E-state index in [-0.39, 0.29) is 6.04 Å². The lowest BCUT2D eigenvalue weighted by Crippen LogP contribution is -2.20. The van der Waals surface area contributed by atoms with Gasteiger partial charge in [-0.2, -0.15) is 0 Å². The predicted octanol–water partition coefficient (Wildman–Crippen LogP) is 2.95. The Bertz CT molecular complexity index is 331. The van der Waals surface area contributed by atoms with Crippen molar-refractivity contribution >= 4 is 0 Å². The molecule has 0 spiro atoms. The summed E-state index contributed by atoms with van der Waals surface area (Å²) in [4.78, 5) is 0. The van der Waals surface area contributed by atoms with Crippen LogP contribution in [0.4, 0.5) is 0 Å². The summed E-state index contributed by atoms with van der Waals surface area (Å²) in [5.74, 6) is 0. The molecule has 2 rings (SSSR count).